The lowest BCUT2D eigenvalue weighted by Crippen LogP contribution is -2.24. The van der Waals surface area contributed by atoms with Gasteiger partial charge >= 0.3 is 0 Å². The summed E-state index contributed by atoms with van der Waals surface area (Å²) in [7, 11) is 0. The number of anilines is 1. The van der Waals surface area contributed by atoms with Crippen LogP contribution in [0.5, 0.6) is 0 Å². The lowest BCUT2D eigenvalue weighted by atomic mass is 9.99. The van der Waals surface area contributed by atoms with Crippen molar-refractivity contribution in [1.29, 1.82) is 0 Å². The molecule has 2 aliphatic rings. The van der Waals surface area contributed by atoms with Crippen LogP contribution in [-0.4, -0.2) is 12.6 Å². The van der Waals surface area contributed by atoms with Crippen molar-refractivity contribution in [3.05, 3.63) is 29.8 Å². The first-order valence-corrected chi connectivity index (χ1v) is 5.73. The van der Waals surface area contributed by atoms with Crippen LogP contribution in [0.2, 0.25) is 0 Å². The fourth-order valence-electron chi connectivity index (χ4n) is 3.02. The summed E-state index contributed by atoms with van der Waals surface area (Å²) in [6.45, 7) is 3.61. The number of nitrogens with zero attached hydrogens (tertiary/aromatic N) is 1. The molecule has 2 aliphatic heterocycles. The molecule has 1 saturated heterocycles. The van der Waals surface area contributed by atoms with Crippen LogP contribution < -0.4 is 4.90 Å². The zero-order chi connectivity index (χ0) is 9.54. The summed E-state index contributed by atoms with van der Waals surface area (Å²) < 4.78 is 0. The van der Waals surface area contributed by atoms with Gasteiger partial charge in [0.05, 0.1) is 0 Å². The van der Waals surface area contributed by atoms with E-state index in [1.165, 1.54) is 31.5 Å². The molecule has 0 bridgehead atoms. The van der Waals surface area contributed by atoms with E-state index in [0.717, 1.165) is 12.0 Å². The maximum absolute atomic E-state index is 2.63. The van der Waals surface area contributed by atoms with Crippen LogP contribution in [-0.2, 0) is 6.42 Å². The molecule has 0 spiro atoms. The fourth-order valence-corrected chi connectivity index (χ4v) is 3.02. The first-order chi connectivity index (χ1) is 6.88. The maximum atomic E-state index is 2.63. The molecule has 3 rings (SSSR count). The summed E-state index contributed by atoms with van der Waals surface area (Å²) in [5.41, 5.74) is 3.07. The van der Waals surface area contributed by atoms with Crippen molar-refractivity contribution < 1.29 is 0 Å². The Kier molecular flexibility index (Phi) is 1.79. The van der Waals surface area contributed by atoms with Crippen molar-refractivity contribution in [1.82, 2.24) is 0 Å². The Morgan fingerprint density at radius 3 is 3.07 bits per heavy atom. The molecule has 1 heteroatoms. The van der Waals surface area contributed by atoms with Crippen molar-refractivity contribution in [3.63, 3.8) is 0 Å². The molecule has 0 saturated carbocycles. The zero-order valence-corrected chi connectivity index (χ0v) is 8.74. The van der Waals surface area contributed by atoms with E-state index in [2.05, 4.69) is 36.1 Å². The monoisotopic (exact) mass is 187 g/mol. The second-order valence-electron chi connectivity index (χ2n) is 4.65. The average molecular weight is 187 g/mol. The van der Waals surface area contributed by atoms with E-state index in [1.807, 2.05) is 0 Å². The van der Waals surface area contributed by atoms with E-state index < -0.39 is 0 Å². The highest BCUT2D eigenvalue weighted by atomic mass is 15.2. The number of rotatable bonds is 1. The Labute approximate surface area is 85.7 Å². The summed E-state index contributed by atoms with van der Waals surface area (Å²) in [6.07, 6.45) is 4.03. The number of fused-ring (bicyclic) bond motifs is 3. The molecule has 0 radical (unpaired) electrons. The van der Waals surface area contributed by atoms with Gasteiger partial charge in [-0.1, -0.05) is 31.5 Å². The van der Waals surface area contributed by atoms with Crippen LogP contribution >= 0.6 is 0 Å². The van der Waals surface area contributed by atoms with Gasteiger partial charge in [0.25, 0.3) is 0 Å². The standard InChI is InChI=1S/C13H17N/c1-2-10-7-12-8-11-5-3-4-6-13(11)14(12)9-10/h3-6,10,12H,2,7-9H2,1H3/t10-,12+/m1/s1. The third-order valence-electron chi connectivity index (χ3n) is 3.84. The Morgan fingerprint density at radius 1 is 1.36 bits per heavy atom. The van der Waals surface area contributed by atoms with Gasteiger partial charge in [-0.2, -0.15) is 0 Å². The predicted octanol–water partition coefficient (Wildman–Crippen LogP) is 2.85. The van der Waals surface area contributed by atoms with Gasteiger partial charge in [-0.05, 0) is 30.4 Å². The molecule has 14 heavy (non-hydrogen) atoms. The van der Waals surface area contributed by atoms with Crippen LogP contribution in [0.3, 0.4) is 0 Å². The maximum Gasteiger partial charge on any atom is 0.0402 e. The number of hydrogen-bond donors (Lipinski definition) is 0. The molecule has 1 aromatic rings. The Balaban J connectivity index is 1.92. The fraction of sp³-hybridized carbons (Fsp3) is 0.538. The first-order valence-electron chi connectivity index (χ1n) is 5.73. The number of hydrogen-bond acceptors (Lipinski definition) is 1. The van der Waals surface area contributed by atoms with Crippen LogP contribution in [0.15, 0.2) is 24.3 Å². The molecule has 74 valence electrons. The minimum absolute atomic E-state index is 0.817. The van der Waals surface area contributed by atoms with E-state index in [9.17, 15) is 0 Å². The Hall–Kier alpha value is -0.980. The van der Waals surface area contributed by atoms with Crippen molar-refractivity contribution >= 4 is 5.69 Å². The van der Waals surface area contributed by atoms with E-state index >= 15 is 0 Å². The van der Waals surface area contributed by atoms with Gasteiger partial charge in [0, 0.05) is 18.3 Å². The second kappa shape index (κ2) is 3.01. The molecular formula is C13H17N. The summed E-state index contributed by atoms with van der Waals surface area (Å²) in [5, 5.41) is 0. The van der Waals surface area contributed by atoms with E-state index in [0.29, 0.717) is 0 Å². The van der Waals surface area contributed by atoms with Crippen LogP contribution in [0.1, 0.15) is 25.3 Å². The number of para-hydroxylation sites is 1. The van der Waals surface area contributed by atoms with Gasteiger partial charge in [0.1, 0.15) is 0 Å². The third-order valence-corrected chi connectivity index (χ3v) is 3.84. The SMILES string of the molecule is CC[C@@H]1C[C@H]2Cc3ccccc3N2C1. The highest BCUT2D eigenvalue weighted by Crippen LogP contribution is 2.40. The van der Waals surface area contributed by atoms with Gasteiger partial charge in [0.2, 0.25) is 0 Å². The molecule has 2 atom stereocenters. The summed E-state index contributed by atoms with van der Waals surface area (Å²) >= 11 is 0. The average Bonchev–Trinajstić information content (AvgIpc) is 2.73. The van der Waals surface area contributed by atoms with Gasteiger partial charge < -0.3 is 4.90 Å². The molecule has 1 fully saturated rings. The normalized spacial score (nSPS) is 29.1. The van der Waals surface area contributed by atoms with Crippen molar-refractivity contribution in [2.24, 2.45) is 5.92 Å². The van der Waals surface area contributed by atoms with Gasteiger partial charge in [-0.25, -0.2) is 0 Å². The minimum atomic E-state index is 0.817. The molecule has 0 aliphatic carbocycles. The predicted molar refractivity (Wildman–Crippen MR) is 59.7 cm³/mol. The molecule has 0 aromatic heterocycles. The van der Waals surface area contributed by atoms with E-state index in [-0.39, 0.29) is 0 Å². The lowest BCUT2D eigenvalue weighted by molar-refractivity contribution is 0.538. The zero-order valence-electron chi connectivity index (χ0n) is 8.74. The van der Waals surface area contributed by atoms with E-state index in [4.69, 9.17) is 0 Å². The van der Waals surface area contributed by atoms with Crippen molar-refractivity contribution in [2.75, 3.05) is 11.4 Å². The largest absolute Gasteiger partial charge is 0.368 e. The minimum Gasteiger partial charge on any atom is -0.368 e. The molecule has 1 aromatic carbocycles. The smallest absolute Gasteiger partial charge is 0.0402 e. The molecule has 0 N–H and O–H groups in total. The molecular weight excluding hydrogens is 170 g/mol. The molecule has 0 unspecified atom stereocenters. The van der Waals surface area contributed by atoms with Crippen molar-refractivity contribution in [2.45, 2.75) is 32.2 Å². The van der Waals surface area contributed by atoms with Crippen molar-refractivity contribution in [3.8, 4) is 0 Å². The van der Waals surface area contributed by atoms with Crippen LogP contribution in [0, 0.1) is 5.92 Å². The van der Waals surface area contributed by atoms with Crippen LogP contribution in [0.4, 0.5) is 5.69 Å². The van der Waals surface area contributed by atoms with Gasteiger partial charge in [-0.3, -0.25) is 0 Å². The lowest BCUT2D eigenvalue weighted by Gasteiger charge is -2.18. The highest BCUT2D eigenvalue weighted by molar-refractivity contribution is 5.60. The molecule has 2 heterocycles. The Morgan fingerprint density at radius 2 is 2.21 bits per heavy atom. The molecule has 1 nitrogen and oxygen atoms in total. The summed E-state index contributed by atoms with van der Waals surface area (Å²) in [4.78, 5) is 2.63. The highest BCUT2D eigenvalue weighted by Gasteiger charge is 2.36. The molecule has 0 amide bonds. The quantitative estimate of drug-likeness (QED) is 0.653. The number of benzene rings is 1. The summed E-state index contributed by atoms with van der Waals surface area (Å²) in [5.74, 6) is 0.938. The Bertz CT molecular complexity index is 345. The van der Waals surface area contributed by atoms with Crippen LogP contribution in [0.25, 0.3) is 0 Å². The summed E-state index contributed by atoms with van der Waals surface area (Å²) in [6, 6.07) is 9.72. The van der Waals surface area contributed by atoms with E-state index in [1.54, 1.807) is 5.56 Å². The topological polar surface area (TPSA) is 3.24 Å². The van der Waals surface area contributed by atoms with Gasteiger partial charge in [0.15, 0.2) is 0 Å². The van der Waals surface area contributed by atoms with Gasteiger partial charge in [-0.15, -0.1) is 0 Å². The third kappa shape index (κ3) is 1.08. The first kappa shape index (κ1) is 8.34. The second-order valence-corrected chi connectivity index (χ2v) is 4.65.